The Morgan fingerprint density at radius 3 is 2.14 bits per heavy atom. The smallest absolute Gasteiger partial charge is 0.340 e. The summed E-state index contributed by atoms with van der Waals surface area (Å²) in [7, 11) is 1.59. The summed E-state index contributed by atoms with van der Waals surface area (Å²) >= 11 is 0. The fourth-order valence-electron chi connectivity index (χ4n) is 3.78. The van der Waals surface area contributed by atoms with E-state index in [0.29, 0.717) is 23.2 Å². The first-order valence-electron chi connectivity index (χ1n) is 11.1. The summed E-state index contributed by atoms with van der Waals surface area (Å²) in [5.74, 6) is -0.981. The predicted octanol–water partition coefficient (Wildman–Crippen LogP) is 3.72. The average molecular weight is 472 g/mol. The van der Waals surface area contributed by atoms with E-state index in [-0.39, 0.29) is 31.0 Å². The molecule has 1 N–H and O–H groups in total. The van der Waals surface area contributed by atoms with E-state index in [1.807, 2.05) is 24.3 Å². The maximum absolute atomic E-state index is 12.7. The summed E-state index contributed by atoms with van der Waals surface area (Å²) in [5, 5.41) is 2.76. The molecule has 0 saturated carbocycles. The van der Waals surface area contributed by atoms with Crippen LogP contribution in [0.2, 0.25) is 0 Å². The lowest BCUT2D eigenvalue weighted by molar-refractivity contribution is -0.116. The van der Waals surface area contributed by atoms with Crippen molar-refractivity contribution in [2.24, 2.45) is 0 Å². The summed E-state index contributed by atoms with van der Waals surface area (Å²) in [4.78, 5) is 51.1. The third-order valence-electron chi connectivity index (χ3n) is 5.65. The van der Waals surface area contributed by atoms with Gasteiger partial charge in [0, 0.05) is 6.42 Å². The lowest BCUT2D eigenvalue weighted by Gasteiger charge is -2.15. The first kappa shape index (κ1) is 23.7. The number of nitrogens with zero attached hydrogens (tertiary/aromatic N) is 1. The van der Waals surface area contributed by atoms with Crippen LogP contribution in [0.5, 0.6) is 5.75 Å². The van der Waals surface area contributed by atoms with Gasteiger partial charge in [0.2, 0.25) is 5.91 Å². The van der Waals surface area contributed by atoms with Crippen LogP contribution in [0.15, 0.2) is 72.8 Å². The molecular formula is C27H24N2O6. The van der Waals surface area contributed by atoms with Crippen LogP contribution in [0, 0.1) is 0 Å². The molecule has 1 aliphatic heterocycles. The van der Waals surface area contributed by atoms with Crippen molar-refractivity contribution >= 4 is 29.4 Å². The normalized spacial score (nSPS) is 12.3. The van der Waals surface area contributed by atoms with Crippen LogP contribution in [0.1, 0.15) is 43.1 Å². The quantitative estimate of drug-likeness (QED) is 0.376. The molecule has 0 spiro atoms. The number of imide groups is 1. The number of para-hydroxylation sites is 1. The monoisotopic (exact) mass is 472 g/mol. The van der Waals surface area contributed by atoms with Crippen molar-refractivity contribution in [1.82, 2.24) is 4.90 Å². The van der Waals surface area contributed by atoms with Gasteiger partial charge in [0.1, 0.15) is 12.4 Å². The number of amides is 3. The summed E-state index contributed by atoms with van der Waals surface area (Å²) in [5.41, 5.74) is 2.19. The molecule has 4 rings (SSSR count). The number of anilines is 1. The summed E-state index contributed by atoms with van der Waals surface area (Å²) < 4.78 is 10.4. The first-order chi connectivity index (χ1) is 17.0. The van der Waals surface area contributed by atoms with E-state index >= 15 is 0 Å². The van der Waals surface area contributed by atoms with Gasteiger partial charge in [-0.05, 0) is 48.4 Å². The number of aryl methyl sites for hydroxylation is 1. The zero-order valence-electron chi connectivity index (χ0n) is 19.2. The number of methoxy groups -OCH3 is 1. The molecule has 1 heterocycles. The molecule has 35 heavy (non-hydrogen) atoms. The van der Waals surface area contributed by atoms with Gasteiger partial charge in [-0.1, -0.05) is 36.4 Å². The van der Waals surface area contributed by atoms with Gasteiger partial charge in [-0.15, -0.1) is 0 Å². The highest BCUT2D eigenvalue weighted by molar-refractivity contribution is 6.21. The second kappa shape index (κ2) is 10.6. The highest BCUT2D eigenvalue weighted by Gasteiger charge is 2.34. The number of nitrogens with one attached hydrogen (secondary N) is 1. The van der Waals surface area contributed by atoms with E-state index in [1.54, 1.807) is 55.6 Å². The van der Waals surface area contributed by atoms with Crippen molar-refractivity contribution in [3.8, 4) is 5.75 Å². The third kappa shape index (κ3) is 5.38. The predicted molar refractivity (Wildman–Crippen MR) is 128 cm³/mol. The third-order valence-corrected chi connectivity index (χ3v) is 5.65. The fraction of sp³-hybridized carbons (Fsp3) is 0.185. The van der Waals surface area contributed by atoms with Crippen LogP contribution in [0.4, 0.5) is 5.69 Å². The number of carbonyl (C=O) groups is 4. The lowest BCUT2D eigenvalue weighted by atomic mass is 10.1. The second-order valence-corrected chi connectivity index (χ2v) is 7.89. The minimum atomic E-state index is -0.660. The highest BCUT2D eigenvalue weighted by atomic mass is 16.5. The molecule has 3 aromatic rings. The van der Waals surface area contributed by atoms with Gasteiger partial charge in [0.25, 0.3) is 11.8 Å². The van der Waals surface area contributed by atoms with Crippen LogP contribution >= 0.6 is 0 Å². The molecule has 0 atom stereocenters. The molecule has 3 aromatic carbocycles. The highest BCUT2D eigenvalue weighted by Crippen LogP contribution is 2.22. The molecule has 0 radical (unpaired) electrons. The van der Waals surface area contributed by atoms with Crippen molar-refractivity contribution in [2.45, 2.75) is 12.8 Å². The van der Waals surface area contributed by atoms with Crippen LogP contribution in [0.25, 0.3) is 0 Å². The van der Waals surface area contributed by atoms with Gasteiger partial charge in [-0.3, -0.25) is 19.3 Å². The van der Waals surface area contributed by atoms with Gasteiger partial charge in [0.05, 0.1) is 36.0 Å². The zero-order chi connectivity index (χ0) is 24.8. The van der Waals surface area contributed by atoms with E-state index in [1.165, 1.54) is 0 Å². The number of hydrogen-bond acceptors (Lipinski definition) is 6. The first-order valence-corrected chi connectivity index (χ1v) is 11.1. The fourth-order valence-corrected chi connectivity index (χ4v) is 3.78. The molecule has 0 aromatic heterocycles. The number of benzene rings is 3. The molecule has 0 aliphatic carbocycles. The maximum atomic E-state index is 12.7. The maximum Gasteiger partial charge on any atom is 0.340 e. The Hall–Kier alpha value is -4.46. The number of carbonyl (C=O) groups excluding carboxylic acids is 4. The Balaban J connectivity index is 1.31. The van der Waals surface area contributed by atoms with Crippen LogP contribution in [0.3, 0.4) is 0 Å². The summed E-state index contributed by atoms with van der Waals surface area (Å²) in [6, 6.07) is 20.5. The SMILES string of the molecule is COc1ccc(CCC(=O)Nc2ccccc2C(=O)OCCN2C(=O)c3ccccc3C2=O)cc1. The van der Waals surface area contributed by atoms with Crippen LogP contribution in [-0.4, -0.2) is 48.9 Å². The molecule has 8 nitrogen and oxygen atoms in total. The van der Waals surface area contributed by atoms with Gasteiger partial charge in [-0.25, -0.2) is 4.79 Å². The summed E-state index contributed by atoms with van der Waals surface area (Å²) in [6.07, 6.45) is 0.762. The molecule has 8 heteroatoms. The Kier molecular flexibility index (Phi) is 7.21. The molecule has 0 unspecified atom stereocenters. The second-order valence-electron chi connectivity index (χ2n) is 7.89. The molecular weight excluding hydrogens is 448 g/mol. The van der Waals surface area contributed by atoms with Gasteiger partial charge in [0.15, 0.2) is 0 Å². The molecule has 178 valence electrons. The Bertz CT molecular complexity index is 1230. The van der Waals surface area contributed by atoms with Gasteiger partial charge >= 0.3 is 5.97 Å². The topological polar surface area (TPSA) is 102 Å². The van der Waals surface area contributed by atoms with Gasteiger partial charge in [-0.2, -0.15) is 0 Å². The number of hydrogen-bond donors (Lipinski definition) is 1. The number of ether oxygens (including phenoxy) is 2. The van der Waals surface area contributed by atoms with E-state index in [9.17, 15) is 19.2 Å². The molecule has 0 saturated heterocycles. The van der Waals surface area contributed by atoms with Crippen molar-refractivity contribution in [2.75, 3.05) is 25.6 Å². The Labute approximate surface area is 202 Å². The summed E-state index contributed by atoms with van der Waals surface area (Å²) in [6.45, 7) is -0.224. The van der Waals surface area contributed by atoms with Crippen molar-refractivity contribution in [3.63, 3.8) is 0 Å². The average Bonchev–Trinajstić information content (AvgIpc) is 3.13. The standard InChI is InChI=1S/C27H24N2O6/c1-34-19-13-10-18(11-14-19)12-15-24(30)28-23-9-5-4-8-22(23)27(33)35-17-16-29-25(31)20-6-2-3-7-21(20)26(29)32/h2-11,13-14H,12,15-17H2,1H3,(H,28,30). The largest absolute Gasteiger partial charge is 0.497 e. The van der Waals surface area contributed by atoms with Crippen molar-refractivity contribution in [3.05, 3.63) is 95.1 Å². The zero-order valence-corrected chi connectivity index (χ0v) is 19.2. The van der Waals surface area contributed by atoms with Crippen LogP contribution in [-0.2, 0) is 16.0 Å². The molecule has 0 fully saturated rings. The molecule has 3 amide bonds. The van der Waals surface area contributed by atoms with E-state index in [2.05, 4.69) is 5.32 Å². The van der Waals surface area contributed by atoms with Crippen LogP contribution < -0.4 is 10.1 Å². The molecule has 1 aliphatic rings. The lowest BCUT2D eigenvalue weighted by Crippen LogP contribution is -2.33. The number of rotatable bonds is 9. The minimum absolute atomic E-state index is 0.0610. The van der Waals surface area contributed by atoms with E-state index in [4.69, 9.17) is 9.47 Å². The Morgan fingerprint density at radius 2 is 1.49 bits per heavy atom. The minimum Gasteiger partial charge on any atom is -0.497 e. The van der Waals surface area contributed by atoms with Gasteiger partial charge < -0.3 is 14.8 Å². The van der Waals surface area contributed by atoms with Crippen molar-refractivity contribution in [1.29, 1.82) is 0 Å². The molecule has 0 bridgehead atoms. The van der Waals surface area contributed by atoms with Crippen molar-refractivity contribution < 1.29 is 28.7 Å². The Morgan fingerprint density at radius 1 is 0.857 bits per heavy atom. The van der Waals surface area contributed by atoms with E-state index in [0.717, 1.165) is 16.2 Å². The number of esters is 1. The number of fused-ring (bicyclic) bond motifs is 1. The van der Waals surface area contributed by atoms with E-state index < -0.39 is 17.8 Å².